The molecule has 1 aromatic carbocycles. The van der Waals surface area contributed by atoms with E-state index in [1.54, 1.807) is 6.07 Å². The molecule has 0 amide bonds. The highest BCUT2D eigenvalue weighted by Crippen LogP contribution is 2.52. The van der Waals surface area contributed by atoms with Crippen molar-refractivity contribution in [1.29, 1.82) is 0 Å². The van der Waals surface area contributed by atoms with Gasteiger partial charge in [-0.3, -0.25) is 0 Å². The molecule has 0 spiro atoms. The van der Waals surface area contributed by atoms with Crippen molar-refractivity contribution in [2.45, 2.75) is 57.2 Å². The fraction of sp³-hybridized carbons (Fsp3) is 0.647. The molecule has 1 atom stereocenters. The molecular formula is C17H21F7O. The zero-order chi connectivity index (χ0) is 19.7. The molecule has 0 heterocycles. The van der Waals surface area contributed by atoms with Crippen LogP contribution < -0.4 is 0 Å². The molecule has 0 saturated heterocycles. The maximum Gasteiger partial charge on any atom is 0.431 e. The summed E-state index contributed by atoms with van der Waals surface area (Å²) in [6, 6.07) is 6.00. The lowest BCUT2D eigenvalue weighted by Crippen LogP contribution is -2.56. The molecule has 0 radical (unpaired) electrons. The van der Waals surface area contributed by atoms with Crippen LogP contribution in [0.15, 0.2) is 24.3 Å². The molecule has 144 valence electrons. The zero-order valence-electron chi connectivity index (χ0n) is 14.4. The monoisotopic (exact) mass is 374 g/mol. The smallest absolute Gasteiger partial charge is 0.374 e. The summed E-state index contributed by atoms with van der Waals surface area (Å²) in [7, 11) is 0.961. The first kappa shape index (κ1) is 21.7. The predicted octanol–water partition coefficient (Wildman–Crippen LogP) is 5.97. The molecule has 0 aliphatic rings. The Morgan fingerprint density at radius 1 is 0.960 bits per heavy atom. The number of benzene rings is 1. The Bertz CT molecular complexity index is 563. The fourth-order valence-electron chi connectivity index (χ4n) is 2.62. The van der Waals surface area contributed by atoms with E-state index in [1.165, 1.54) is 18.2 Å². The van der Waals surface area contributed by atoms with E-state index in [9.17, 15) is 30.7 Å². The van der Waals surface area contributed by atoms with Gasteiger partial charge in [0.1, 0.15) is 0 Å². The third-order valence-electron chi connectivity index (χ3n) is 4.11. The Kier molecular flexibility index (Phi) is 6.20. The van der Waals surface area contributed by atoms with Gasteiger partial charge in [-0.15, -0.1) is 0 Å². The quantitative estimate of drug-likeness (QED) is 0.558. The van der Waals surface area contributed by atoms with Gasteiger partial charge in [0.2, 0.25) is 0 Å². The number of alkyl halides is 7. The second-order valence-electron chi connectivity index (χ2n) is 6.71. The van der Waals surface area contributed by atoms with E-state index in [0.717, 1.165) is 19.6 Å². The molecule has 0 saturated carbocycles. The van der Waals surface area contributed by atoms with Crippen LogP contribution in [-0.4, -0.2) is 25.1 Å². The highest BCUT2D eigenvalue weighted by molar-refractivity contribution is 5.29. The van der Waals surface area contributed by atoms with Gasteiger partial charge in [-0.1, -0.05) is 38.1 Å². The van der Waals surface area contributed by atoms with Gasteiger partial charge in [-0.2, -0.15) is 26.3 Å². The van der Waals surface area contributed by atoms with Crippen LogP contribution in [0.3, 0.4) is 0 Å². The van der Waals surface area contributed by atoms with E-state index >= 15 is 0 Å². The summed E-state index contributed by atoms with van der Waals surface area (Å²) in [6.45, 7) is 4.86. The molecule has 1 unspecified atom stereocenters. The SMILES string of the molecule is COC(C)(CC(F)(C(F)(F)F)C(F)(F)F)c1cccc(CC(C)C)c1. The van der Waals surface area contributed by atoms with Crippen LogP contribution in [0, 0.1) is 5.92 Å². The van der Waals surface area contributed by atoms with Gasteiger partial charge in [-0.05, 0) is 30.4 Å². The van der Waals surface area contributed by atoms with E-state index < -0.39 is 30.0 Å². The highest BCUT2D eigenvalue weighted by Gasteiger charge is 2.74. The first-order valence-corrected chi connectivity index (χ1v) is 7.63. The minimum atomic E-state index is -6.11. The molecule has 0 aliphatic heterocycles. The molecule has 25 heavy (non-hydrogen) atoms. The average molecular weight is 374 g/mol. The largest absolute Gasteiger partial charge is 0.431 e. The van der Waals surface area contributed by atoms with Gasteiger partial charge in [0.15, 0.2) is 0 Å². The number of hydrogen-bond acceptors (Lipinski definition) is 1. The minimum absolute atomic E-state index is 0.0590. The molecule has 1 rings (SSSR count). The van der Waals surface area contributed by atoms with Crippen molar-refractivity contribution in [2.24, 2.45) is 5.92 Å². The summed E-state index contributed by atoms with van der Waals surface area (Å²) in [4.78, 5) is 0. The Morgan fingerprint density at radius 2 is 1.48 bits per heavy atom. The normalized spacial score (nSPS) is 16.2. The molecule has 0 bridgehead atoms. The number of ether oxygens (including phenoxy) is 1. The standard InChI is InChI=1S/C17H21F7O/c1-11(2)8-12-6-5-7-13(9-12)14(3,25-4)10-15(18,16(19,20)21)17(22,23)24/h5-7,9,11H,8,10H2,1-4H3. The lowest BCUT2D eigenvalue weighted by Gasteiger charge is -2.38. The van der Waals surface area contributed by atoms with Crippen LogP contribution in [0.2, 0.25) is 0 Å². The van der Waals surface area contributed by atoms with Crippen molar-refractivity contribution in [2.75, 3.05) is 7.11 Å². The third kappa shape index (κ3) is 4.65. The second kappa shape index (κ2) is 7.13. The zero-order valence-corrected chi connectivity index (χ0v) is 14.4. The number of halogens is 7. The number of rotatable bonds is 6. The molecule has 1 nitrogen and oxygen atoms in total. The predicted molar refractivity (Wildman–Crippen MR) is 79.9 cm³/mol. The lowest BCUT2D eigenvalue weighted by molar-refractivity contribution is -0.353. The van der Waals surface area contributed by atoms with Crippen LogP contribution >= 0.6 is 0 Å². The van der Waals surface area contributed by atoms with Gasteiger partial charge in [0.05, 0.1) is 5.60 Å². The summed E-state index contributed by atoms with van der Waals surface area (Å²) in [5.41, 5.74) is -6.70. The molecule has 0 fully saturated rings. The van der Waals surface area contributed by atoms with E-state index in [-0.39, 0.29) is 11.5 Å². The molecule has 0 aliphatic carbocycles. The second-order valence-corrected chi connectivity index (χ2v) is 6.71. The highest BCUT2D eigenvalue weighted by atomic mass is 19.4. The van der Waals surface area contributed by atoms with Crippen molar-refractivity contribution >= 4 is 0 Å². The number of hydrogen-bond donors (Lipinski definition) is 0. The van der Waals surface area contributed by atoms with Crippen molar-refractivity contribution in [1.82, 2.24) is 0 Å². The van der Waals surface area contributed by atoms with Crippen molar-refractivity contribution in [3.63, 3.8) is 0 Å². The maximum absolute atomic E-state index is 14.2. The molecule has 0 N–H and O–H groups in total. The first-order valence-electron chi connectivity index (χ1n) is 7.63. The van der Waals surface area contributed by atoms with Crippen LogP contribution in [0.1, 0.15) is 38.3 Å². The van der Waals surface area contributed by atoms with Crippen molar-refractivity contribution in [3.8, 4) is 0 Å². The molecule has 1 aromatic rings. The van der Waals surface area contributed by atoms with Gasteiger partial charge in [0.25, 0.3) is 0 Å². The Hall–Kier alpha value is -1.31. The number of methoxy groups -OCH3 is 1. The van der Waals surface area contributed by atoms with Crippen LogP contribution in [0.25, 0.3) is 0 Å². The lowest BCUT2D eigenvalue weighted by atomic mass is 9.82. The summed E-state index contributed by atoms with van der Waals surface area (Å²) in [6.07, 6.45) is -13.6. The summed E-state index contributed by atoms with van der Waals surface area (Å²) in [5.74, 6) is 0.231. The Labute approximate surface area is 142 Å². The Balaban J connectivity index is 3.35. The van der Waals surface area contributed by atoms with Gasteiger partial charge < -0.3 is 4.74 Å². The minimum Gasteiger partial charge on any atom is -0.374 e. The molecular weight excluding hydrogens is 353 g/mol. The van der Waals surface area contributed by atoms with Crippen LogP contribution in [0.5, 0.6) is 0 Å². The van der Waals surface area contributed by atoms with E-state index in [4.69, 9.17) is 4.74 Å². The maximum atomic E-state index is 14.2. The topological polar surface area (TPSA) is 9.23 Å². The summed E-state index contributed by atoms with van der Waals surface area (Å²) in [5, 5.41) is 0. The van der Waals surface area contributed by atoms with E-state index in [2.05, 4.69) is 0 Å². The van der Waals surface area contributed by atoms with E-state index in [0.29, 0.717) is 6.42 Å². The summed E-state index contributed by atoms with van der Waals surface area (Å²) >= 11 is 0. The van der Waals surface area contributed by atoms with Gasteiger partial charge in [0, 0.05) is 13.5 Å². The molecule has 8 heteroatoms. The van der Waals surface area contributed by atoms with Crippen molar-refractivity contribution in [3.05, 3.63) is 35.4 Å². The third-order valence-corrected chi connectivity index (χ3v) is 4.11. The summed E-state index contributed by atoms with van der Waals surface area (Å²) < 4.78 is 96.4. The van der Waals surface area contributed by atoms with E-state index in [1.807, 2.05) is 13.8 Å². The molecule has 0 aromatic heterocycles. The van der Waals surface area contributed by atoms with Crippen LogP contribution in [-0.2, 0) is 16.8 Å². The first-order chi connectivity index (χ1) is 11.2. The Morgan fingerprint density at radius 3 is 1.88 bits per heavy atom. The van der Waals surface area contributed by atoms with Crippen LogP contribution in [0.4, 0.5) is 30.7 Å². The van der Waals surface area contributed by atoms with Gasteiger partial charge >= 0.3 is 18.0 Å². The van der Waals surface area contributed by atoms with Crippen molar-refractivity contribution < 1.29 is 35.5 Å². The average Bonchev–Trinajstić information content (AvgIpc) is 2.44. The fourth-order valence-corrected chi connectivity index (χ4v) is 2.62. The van der Waals surface area contributed by atoms with Gasteiger partial charge in [-0.25, -0.2) is 4.39 Å².